The lowest BCUT2D eigenvalue weighted by molar-refractivity contribution is -0.155. The number of hydrogen-bond acceptors (Lipinski definition) is 2. The summed E-state index contributed by atoms with van der Waals surface area (Å²) >= 11 is 0. The Morgan fingerprint density at radius 1 is 1.41 bits per heavy atom. The van der Waals surface area contributed by atoms with Crippen LogP contribution in [0.25, 0.3) is 0 Å². The van der Waals surface area contributed by atoms with Gasteiger partial charge in [-0.25, -0.2) is 0 Å². The average molecular weight is 238 g/mol. The summed E-state index contributed by atoms with van der Waals surface area (Å²) in [6.45, 7) is 5.27. The normalized spacial score (nSPS) is 26.4. The molecule has 0 aromatic rings. The molecule has 0 spiro atoms. The molecular formula is C13H22N2O2. The average Bonchev–Trinajstić information content (AvgIpc) is 2.80. The molecule has 0 N–H and O–H groups in total. The van der Waals surface area contributed by atoms with Gasteiger partial charge in [0.1, 0.15) is 12.6 Å². The lowest BCUT2D eigenvalue weighted by atomic mass is 10.1. The quantitative estimate of drug-likeness (QED) is 0.742. The van der Waals surface area contributed by atoms with Crippen LogP contribution in [0.2, 0.25) is 0 Å². The Kier molecular flexibility index (Phi) is 3.69. The van der Waals surface area contributed by atoms with Crippen molar-refractivity contribution in [1.29, 1.82) is 0 Å². The molecule has 0 aromatic heterocycles. The summed E-state index contributed by atoms with van der Waals surface area (Å²) < 4.78 is 0. The second kappa shape index (κ2) is 5.07. The summed E-state index contributed by atoms with van der Waals surface area (Å²) in [5.41, 5.74) is 0. The van der Waals surface area contributed by atoms with Crippen LogP contribution in [0.4, 0.5) is 0 Å². The number of hydrogen-bond donors (Lipinski definition) is 0. The van der Waals surface area contributed by atoms with Crippen LogP contribution >= 0.6 is 0 Å². The molecule has 0 aromatic carbocycles. The molecule has 2 fully saturated rings. The highest BCUT2D eigenvalue weighted by Crippen LogP contribution is 2.25. The van der Waals surface area contributed by atoms with E-state index in [2.05, 4.69) is 13.8 Å². The predicted molar refractivity (Wildman–Crippen MR) is 65.4 cm³/mol. The third-order valence-corrected chi connectivity index (χ3v) is 3.95. The van der Waals surface area contributed by atoms with Gasteiger partial charge in [0.15, 0.2) is 0 Å². The molecule has 17 heavy (non-hydrogen) atoms. The highest BCUT2D eigenvalue weighted by atomic mass is 16.2. The molecule has 0 radical (unpaired) electrons. The number of fused-ring (bicyclic) bond motifs is 1. The van der Waals surface area contributed by atoms with Crippen LogP contribution in [0.1, 0.15) is 46.0 Å². The minimum atomic E-state index is -0.152. The van der Waals surface area contributed by atoms with Crippen molar-refractivity contribution >= 4 is 11.8 Å². The number of amides is 2. The summed E-state index contributed by atoms with van der Waals surface area (Å²) in [5, 5.41) is 0. The van der Waals surface area contributed by atoms with Crippen molar-refractivity contribution < 1.29 is 9.59 Å². The molecule has 4 nitrogen and oxygen atoms in total. The van der Waals surface area contributed by atoms with Gasteiger partial charge in [-0.15, -0.1) is 0 Å². The van der Waals surface area contributed by atoms with E-state index in [4.69, 9.17) is 0 Å². The van der Waals surface area contributed by atoms with Gasteiger partial charge < -0.3 is 9.80 Å². The number of unbranched alkanes of at least 4 members (excludes halogenated alkanes) is 1. The van der Waals surface area contributed by atoms with E-state index in [1.165, 1.54) is 0 Å². The summed E-state index contributed by atoms with van der Waals surface area (Å²) in [4.78, 5) is 27.8. The Labute approximate surface area is 103 Å². The number of carbonyl (C=O) groups excluding carboxylic acids is 2. The van der Waals surface area contributed by atoms with E-state index in [1.807, 2.05) is 0 Å². The second-order valence-corrected chi connectivity index (χ2v) is 5.20. The number of carbonyl (C=O) groups is 2. The van der Waals surface area contributed by atoms with E-state index in [1.54, 1.807) is 9.80 Å². The maximum Gasteiger partial charge on any atom is 0.246 e. The largest absolute Gasteiger partial charge is 0.329 e. The molecule has 2 rings (SSSR count). The fraction of sp³-hybridized carbons (Fsp3) is 0.846. The highest BCUT2D eigenvalue weighted by Gasteiger charge is 2.42. The Morgan fingerprint density at radius 2 is 2.18 bits per heavy atom. The van der Waals surface area contributed by atoms with Crippen molar-refractivity contribution in [3.8, 4) is 0 Å². The topological polar surface area (TPSA) is 40.6 Å². The van der Waals surface area contributed by atoms with Crippen LogP contribution in [0.3, 0.4) is 0 Å². The van der Waals surface area contributed by atoms with Crippen LogP contribution in [0, 0.1) is 0 Å². The van der Waals surface area contributed by atoms with Crippen molar-refractivity contribution in [3.05, 3.63) is 0 Å². The molecule has 0 saturated carbocycles. The standard InChI is InChI=1S/C13H22N2O2/c1-3-4-6-10(2)15-9-12(16)14-8-5-7-11(14)13(15)17/h10-11H,3-9H2,1-2H3. The Morgan fingerprint density at radius 3 is 2.88 bits per heavy atom. The fourth-order valence-electron chi connectivity index (χ4n) is 2.86. The molecule has 0 aliphatic carbocycles. The third-order valence-electron chi connectivity index (χ3n) is 3.95. The molecule has 2 heterocycles. The zero-order valence-electron chi connectivity index (χ0n) is 10.8. The third kappa shape index (κ3) is 2.31. The molecule has 96 valence electrons. The smallest absolute Gasteiger partial charge is 0.246 e. The Hall–Kier alpha value is -1.06. The second-order valence-electron chi connectivity index (χ2n) is 5.20. The van der Waals surface area contributed by atoms with Gasteiger partial charge in [-0.2, -0.15) is 0 Å². The van der Waals surface area contributed by atoms with E-state index < -0.39 is 0 Å². The van der Waals surface area contributed by atoms with Gasteiger partial charge in [-0.05, 0) is 26.2 Å². The first-order valence-electron chi connectivity index (χ1n) is 6.75. The molecule has 2 saturated heterocycles. The van der Waals surface area contributed by atoms with Gasteiger partial charge in [-0.1, -0.05) is 19.8 Å². The van der Waals surface area contributed by atoms with E-state index >= 15 is 0 Å². The number of rotatable bonds is 4. The SMILES string of the molecule is CCCCC(C)N1CC(=O)N2CCCC2C1=O. The van der Waals surface area contributed by atoms with Crippen LogP contribution in [-0.4, -0.2) is 46.8 Å². The van der Waals surface area contributed by atoms with Gasteiger partial charge in [0.25, 0.3) is 0 Å². The minimum absolute atomic E-state index is 0.135. The zero-order valence-corrected chi connectivity index (χ0v) is 10.8. The van der Waals surface area contributed by atoms with Crippen molar-refractivity contribution in [3.63, 3.8) is 0 Å². The maximum atomic E-state index is 12.3. The van der Waals surface area contributed by atoms with Crippen LogP contribution < -0.4 is 0 Å². The lowest BCUT2D eigenvalue weighted by Gasteiger charge is -2.39. The van der Waals surface area contributed by atoms with E-state index in [-0.39, 0.29) is 23.9 Å². The molecule has 2 atom stereocenters. The zero-order chi connectivity index (χ0) is 12.4. The van der Waals surface area contributed by atoms with Crippen molar-refractivity contribution in [2.24, 2.45) is 0 Å². The van der Waals surface area contributed by atoms with Crippen molar-refractivity contribution in [2.75, 3.05) is 13.1 Å². The number of nitrogens with zero attached hydrogens (tertiary/aromatic N) is 2. The minimum Gasteiger partial charge on any atom is -0.329 e. The molecular weight excluding hydrogens is 216 g/mol. The lowest BCUT2D eigenvalue weighted by Crippen LogP contribution is -2.59. The molecule has 2 amide bonds. The Balaban J connectivity index is 2.03. The fourth-order valence-corrected chi connectivity index (χ4v) is 2.86. The van der Waals surface area contributed by atoms with E-state index in [0.29, 0.717) is 6.54 Å². The van der Waals surface area contributed by atoms with Gasteiger partial charge in [-0.3, -0.25) is 9.59 Å². The summed E-state index contributed by atoms with van der Waals surface area (Å²) in [6, 6.07) is 0.0504. The summed E-state index contributed by atoms with van der Waals surface area (Å²) in [5.74, 6) is 0.307. The molecule has 2 aliphatic heterocycles. The van der Waals surface area contributed by atoms with Crippen molar-refractivity contribution in [1.82, 2.24) is 9.80 Å². The monoisotopic (exact) mass is 238 g/mol. The van der Waals surface area contributed by atoms with Gasteiger partial charge in [0.05, 0.1) is 0 Å². The van der Waals surface area contributed by atoms with Crippen LogP contribution in [-0.2, 0) is 9.59 Å². The van der Waals surface area contributed by atoms with E-state index in [9.17, 15) is 9.59 Å². The van der Waals surface area contributed by atoms with Crippen LogP contribution in [0.5, 0.6) is 0 Å². The molecule has 2 aliphatic rings. The molecule has 2 unspecified atom stereocenters. The molecule has 4 heteroatoms. The number of piperazine rings is 1. The van der Waals surface area contributed by atoms with Crippen molar-refractivity contribution in [2.45, 2.75) is 58.0 Å². The van der Waals surface area contributed by atoms with Gasteiger partial charge in [0.2, 0.25) is 11.8 Å². The summed E-state index contributed by atoms with van der Waals surface area (Å²) in [7, 11) is 0. The first kappa shape index (κ1) is 12.4. The maximum absolute atomic E-state index is 12.3. The van der Waals surface area contributed by atoms with Gasteiger partial charge >= 0.3 is 0 Å². The van der Waals surface area contributed by atoms with Crippen LogP contribution in [0.15, 0.2) is 0 Å². The molecule has 0 bridgehead atoms. The first-order chi connectivity index (χ1) is 8.15. The van der Waals surface area contributed by atoms with E-state index in [0.717, 1.165) is 38.6 Å². The summed E-state index contributed by atoms with van der Waals surface area (Å²) in [6.07, 6.45) is 5.08. The first-order valence-corrected chi connectivity index (χ1v) is 6.75. The van der Waals surface area contributed by atoms with Gasteiger partial charge in [0, 0.05) is 12.6 Å². The Bertz CT molecular complexity index is 317. The highest BCUT2D eigenvalue weighted by molar-refractivity contribution is 5.95. The predicted octanol–water partition coefficient (Wildman–Crippen LogP) is 1.40.